The van der Waals surface area contributed by atoms with Crippen molar-refractivity contribution in [1.29, 1.82) is 5.26 Å². The van der Waals surface area contributed by atoms with Gasteiger partial charge in [-0.1, -0.05) is 0 Å². The van der Waals surface area contributed by atoms with Gasteiger partial charge >= 0.3 is 162 Å². The summed E-state index contributed by atoms with van der Waals surface area (Å²) in [7, 11) is -4.64. The number of nitriles is 1. The molecule has 0 bridgehead atoms. The molecule has 3 N–H and O–H groups in total. The molecular formula is C2H9K3NO4P. The molecule has 5 nitrogen and oxygen atoms in total. The molecule has 0 amide bonds. The van der Waals surface area contributed by atoms with Gasteiger partial charge in [0.25, 0.3) is 0 Å². The summed E-state index contributed by atoms with van der Waals surface area (Å²) < 4.78 is 8.88. The van der Waals surface area contributed by atoms with Gasteiger partial charge in [0.15, 0.2) is 0 Å². The Morgan fingerprint density at radius 1 is 1.27 bits per heavy atom. The molecule has 11 heavy (non-hydrogen) atoms. The van der Waals surface area contributed by atoms with Gasteiger partial charge < -0.3 is 19.0 Å². The van der Waals surface area contributed by atoms with E-state index in [4.69, 9.17) is 24.5 Å². The minimum Gasteiger partial charge on any atom is -1.00 e. The summed E-state index contributed by atoms with van der Waals surface area (Å²) in [6.07, 6.45) is 0. The zero-order valence-corrected chi connectivity index (χ0v) is 17.4. The SMILES string of the molecule is CC#N.O=P(O)(O)O.[H-].[H-].[H-].[K+].[K+].[K+]. The summed E-state index contributed by atoms with van der Waals surface area (Å²) in [6, 6.07) is 1.75. The molecule has 0 atom stereocenters. The number of hydrogen-bond acceptors (Lipinski definition) is 2. The molecule has 0 radical (unpaired) electrons. The second-order valence-electron chi connectivity index (χ2n) is 0.737. The Hall–Kier alpha value is 4.51. The summed E-state index contributed by atoms with van der Waals surface area (Å²) in [5, 5.41) is 7.32. The predicted octanol–water partition coefficient (Wildman–Crippen LogP) is -9.05. The monoisotopic (exact) mass is 259 g/mol. The summed E-state index contributed by atoms with van der Waals surface area (Å²) in [4.78, 5) is 21.6. The topological polar surface area (TPSA) is 102 Å². The van der Waals surface area contributed by atoms with E-state index in [0.29, 0.717) is 0 Å². The van der Waals surface area contributed by atoms with Gasteiger partial charge in [-0.2, -0.15) is 5.26 Å². The van der Waals surface area contributed by atoms with Gasteiger partial charge in [-0.25, -0.2) is 4.57 Å². The van der Waals surface area contributed by atoms with Crippen LogP contribution in [-0.2, 0) is 4.57 Å². The predicted molar refractivity (Wildman–Crippen MR) is 28.9 cm³/mol. The number of nitrogens with zero attached hydrogens (tertiary/aromatic N) is 1. The second kappa shape index (κ2) is 20.0. The summed E-state index contributed by atoms with van der Waals surface area (Å²) >= 11 is 0. The van der Waals surface area contributed by atoms with Gasteiger partial charge in [0.2, 0.25) is 0 Å². The van der Waals surface area contributed by atoms with Crippen LogP contribution in [0.2, 0.25) is 0 Å². The molecule has 0 fully saturated rings. The van der Waals surface area contributed by atoms with Crippen LogP contribution in [0.25, 0.3) is 0 Å². The van der Waals surface area contributed by atoms with Gasteiger partial charge in [0.05, 0.1) is 6.07 Å². The Morgan fingerprint density at radius 2 is 1.27 bits per heavy atom. The third-order valence-electron chi connectivity index (χ3n) is 0. The van der Waals surface area contributed by atoms with Gasteiger partial charge in [-0.3, -0.25) is 0 Å². The number of phosphoric acid groups is 1. The molecule has 0 aromatic rings. The standard InChI is InChI=1S/C2H3N.3K.H3O4P.3H/c1-2-3;;;;1-5(2,3)4;;;/h1H3;;;;(H3,1,2,3,4);;;/q;3*+1;;3*-1. The van der Waals surface area contributed by atoms with Crippen LogP contribution in [0.1, 0.15) is 11.2 Å². The molecule has 0 spiro atoms. The van der Waals surface area contributed by atoms with E-state index in [-0.39, 0.29) is 158 Å². The molecule has 9 heteroatoms. The zero-order valence-electron chi connectivity index (χ0n) is 10.1. The third-order valence-corrected chi connectivity index (χ3v) is 0. The smallest absolute Gasteiger partial charge is 1.00 e. The van der Waals surface area contributed by atoms with Crippen molar-refractivity contribution in [2.75, 3.05) is 0 Å². The maximum absolute atomic E-state index is 8.88. The zero-order chi connectivity index (χ0) is 7.21. The van der Waals surface area contributed by atoms with E-state index in [2.05, 4.69) is 0 Å². The fourth-order valence-corrected chi connectivity index (χ4v) is 0. The molecule has 0 rings (SSSR count). The number of hydrogen-bond donors (Lipinski definition) is 3. The van der Waals surface area contributed by atoms with E-state index >= 15 is 0 Å². The van der Waals surface area contributed by atoms with Crippen LogP contribution in [0.4, 0.5) is 0 Å². The molecule has 54 valence electrons. The van der Waals surface area contributed by atoms with Crippen molar-refractivity contribution in [3.05, 3.63) is 0 Å². The van der Waals surface area contributed by atoms with Crippen molar-refractivity contribution >= 4 is 7.82 Å². The van der Waals surface area contributed by atoms with Gasteiger partial charge in [-0.15, -0.1) is 0 Å². The van der Waals surface area contributed by atoms with E-state index in [9.17, 15) is 0 Å². The summed E-state index contributed by atoms with van der Waals surface area (Å²) in [6.45, 7) is 1.43. The fraction of sp³-hybridized carbons (Fsp3) is 0.500. The summed E-state index contributed by atoms with van der Waals surface area (Å²) in [5.74, 6) is 0. The molecular weight excluding hydrogens is 250 g/mol. The normalized spacial score (nSPS) is 6.09. The summed E-state index contributed by atoms with van der Waals surface area (Å²) in [5.41, 5.74) is 0. The van der Waals surface area contributed by atoms with Crippen LogP contribution in [0.5, 0.6) is 0 Å². The molecule has 0 saturated carbocycles. The van der Waals surface area contributed by atoms with Gasteiger partial charge in [0, 0.05) is 6.92 Å². The van der Waals surface area contributed by atoms with Crippen molar-refractivity contribution in [2.45, 2.75) is 6.92 Å². The van der Waals surface area contributed by atoms with Crippen LogP contribution in [-0.4, -0.2) is 14.7 Å². The Morgan fingerprint density at radius 3 is 1.27 bits per heavy atom. The van der Waals surface area contributed by atoms with Crippen molar-refractivity contribution in [3.63, 3.8) is 0 Å². The van der Waals surface area contributed by atoms with E-state index in [0.717, 1.165) is 0 Å². The third kappa shape index (κ3) is 112. The Bertz CT molecular complexity index is 132. The van der Waals surface area contributed by atoms with Crippen LogP contribution in [0, 0.1) is 11.3 Å². The van der Waals surface area contributed by atoms with Crippen molar-refractivity contribution in [1.82, 2.24) is 0 Å². The molecule has 0 saturated heterocycles. The van der Waals surface area contributed by atoms with Crippen LogP contribution < -0.4 is 154 Å². The van der Waals surface area contributed by atoms with E-state index in [1.54, 1.807) is 6.07 Å². The quantitative estimate of drug-likeness (QED) is 0.296. The van der Waals surface area contributed by atoms with Gasteiger partial charge in [0.1, 0.15) is 0 Å². The average Bonchev–Trinajstić information content (AvgIpc) is 1.27. The van der Waals surface area contributed by atoms with E-state index in [1.807, 2.05) is 0 Å². The first-order valence-electron chi connectivity index (χ1n) is 1.51. The molecule has 0 aliphatic heterocycles. The Balaban J connectivity index is -0.00000000626. The fourth-order valence-electron chi connectivity index (χ4n) is 0. The van der Waals surface area contributed by atoms with Crippen molar-refractivity contribution in [2.24, 2.45) is 0 Å². The van der Waals surface area contributed by atoms with Crippen LogP contribution >= 0.6 is 7.82 Å². The maximum Gasteiger partial charge on any atom is 1.00 e. The first-order valence-corrected chi connectivity index (χ1v) is 3.07. The van der Waals surface area contributed by atoms with Crippen LogP contribution in [0.3, 0.4) is 0 Å². The average molecular weight is 259 g/mol. The van der Waals surface area contributed by atoms with Crippen LogP contribution in [0.15, 0.2) is 0 Å². The Kier molecular flexibility index (Phi) is 53.7. The van der Waals surface area contributed by atoms with Crippen molar-refractivity contribution < 1.29 is 178 Å². The first-order chi connectivity index (χ1) is 3.41. The van der Waals surface area contributed by atoms with E-state index < -0.39 is 7.82 Å². The largest absolute Gasteiger partial charge is 1.00 e. The van der Waals surface area contributed by atoms with Gasteiger partial charge in [-0.05, 0) is 0 Å². The van der Waals surface area contributed by atoms with Crippen molar-refractivity contribution in [3.8, 4) is 6.07 Å². The maximum atomic E-state index is 8.88. The second-order valence-corrected chi connectivity index (χ2v) is 1.76. The molecule has 0 aliphatic rings. The molecule has 0 aromatic heterocycles. The molecule has 0 aliphatic carbocycles. The minimum atomic E-state index is -4.64. The Labute approximate surface area is 198 Å². The molecule has 0 unspecified atom stereocenters. The molecule has 0 aromatic carbocycles. The first kappa shape index (κ1) is 29.6. The number of rotatable bonds is 0. The minimum absolute atomic E-state index is 0. The van der Waals surface area contributed by atoms with E-state index in [1.165, 1.54) is 6.92 Å². The molecule has 0 heterocycles.